The Kier molecular flexibility index (Phi) is 3.52. The largest absolute Gasteiger partial charge is 0.434 e. The van der Waals surface area contributed by atoms with Crippen molar-refractivity contribution in [3.63, 3.8) is 0 Å². The molecule has 2 rings (SSSR count). The van der Waals surface area contributed by atoms with Crippen LogP contribution in [0.15, 0.2) is 24.8 Å². The quantitative estimate of drug-likeness (QED) is 0.845. The smallest absolute Gasteiger partial charge is 0.248 e. The van der Waals surface area contributed by atoms with Gasteiger partial charge in [0, 0.05) is 18.4 Å². The van der Waals surface area contributed by atoms with Crippen LogP contribution in [0, 0.1) is 0 Å². The maximum atomic E-state index is 5.58. The average molecular weight is 263 g/mol. The van der Waals surface area contributed by atoms with Gasteiger partial charge in [-0.1, -0.05) is 12.2 Å². The molecule has 0 spiro atoms. The molecule has 2 heterocycles. The second-order valence-corrected chi connectivity index (χ2v) is 4.37. The third-order valence-corrected chi connectivity index (χ3v) is 2.41. The van der Waals surface area contributed by atoms with E-state index in [2.05, 4.69) is 15.1 Å². The van der Waals surface area contributed by atoms with Gasteiger partial charge in [0.05, 0.1) is 12.4 Å². The lowest BCUT2D eigenvalue weighted by atomic mass is 10.4. The number of rotatable bonds is 4. The molecule has 0 aromatic carbocycles. The molecule has 0 aliphatic heterocycles. The predicted molar refractivity (Wildman–Crippen MR) is 70.6 cm³/mol. The summed E-state index contributed by atoms with van der Waals surface area (Å²) >= 11 is 4.89. The number of nitrogens with zero attached hydrogens (tertiary/aromatic N) is 4. The van der Waals surface area contributed by atoms with Crippen molar-refractivity contribution in [3.8, 4) is 11.6 Å². The van der Waals surface area contributed by atoms with Crippen LogP contribution in [0.2, 0.25) is 0 Å². The minimum Gasteiger partial charge on any atom is -0.434 e. The van der Waals surface area contributed by atoms with Gasteiger partial charge in [0.15, 0.2) is 11.4 Å². The Bertz CT molecular complexity index is 566. The first-order valence-corrected chi connectivity index (χ1v) is 5.81. The maximum absolute atomic E-state index is 5.58. The Hall–Kier alpha value is -2.02. The van der Waals surface area contributed by atoms with Crippen molar-refractivity contribution >= 4 is 17.2 Å². The van der Waals surface area contributed by atoms with Crippen LogP contribution in [0.4, 0.5) is 0 Å². The summed E-state index contributed by atoms with van der Waals surface area (Å²) in [5.41, 5.74) is 5.92. The zero-order valence-electron chi connectivity index (χ0n) is 10.1. The molecule has 0 bridgehead atoms. The first kappa shape index (κ1) is 12.4. The molecule has 0 aliphatic carbocycles. The van der Waals surface area contributed by atoms with Gasteiger partial charge in [-0.25, -0.2) is 9.97 Å². The summed E-state index contributed by atoms with van der Waals surface area (Å²) in [6, 6.07) is 0.263. The molecule has 0 unspecified atom stereocenters. The fourth-order valence-electron chi connectivity index (χ4n) is 1.34. The Labute approximate surface area is 110 Å². The zero-order chi connectivity index (χ0) is 13.1. The van der Waals surface area contributed by atoms with E-state index < -0.39 is 0 Å². The molecule has 6 nitrogen and oxygen atoms in total. The van der Waals surface area contributed by atoms with E-state index in [9.17, 15) is 0 Å². The fourth-order valence-corrected chi connectivity index (χ4v) is 1.48. The molecular weight excluding hydrogens is 250 g/mol. The number of ether oxygens (including phenoxy) is 1. The third-order valence-electron chi connectivity index (χ3n) is 2.22. The van der Waals surface area contributed by atoms with Crippen molar-refractivity contribution in [2.45, 2.75) is 19.9 Å². The highest BCUT2D eigenvalue weighted by Gasteiger charge is 2.11. The highest BCUT2D eigenvalue weighted by Crippen LogP contribution is 2.21. The van der Waals surface area contributed by atoms with E-state index in [0.29, 0.717) is 11.4 Å². The number of thiocarbonyl (C=S) groups is 1. The van der Waals surface area contributed by atoms with E-state index in [-0.39, 0.29) is 16.9 Å². The molecule has 0 saturated heterocycles. The van der Waals surface area contributed by atoms with E-state index in [1.54, 1.807) is 17.1 Å². The topological polar surface area (TPSA) is 78.8 Å². The molecule has 2 N–H and O–H groups in total. The Morgan fingerprint density at radius 3 is 2.72 bits per heavy atom. The SMILES string of the molecule is CC(C)n1cc(Oc2nccnc2C(N)=S)cn1. The molecular formula is C11H13N5OS. The van der Waals surface area contributed by atoms with Crippen LogP contribution >= 0.6 is 12.2 Å². The van der Waals surface area contributed by atoms with Crippen molar-refractivity contribution in [1.82, 2.24) is 19.7 Å². The van der Waals surface area contributed by atoms with Crippen LogP contribution in [-0.2, 0) is 0 Å². The molecule has 0 radical (unpaired) electrons. The van der Waals surface area contributed by atoms with Crippen molar-refractivity contribution in [2.24, 2.45) is 5.73 Å². The minimum atomic E-state index is 0.148. The highest BCUT2D eigenvalue weighted by molar-refractivity contribution is 7.80. The van der Waals surface area contributed by atoms with Crippen LogP contribution in [0.25, 0.3) is 0 Å². The lowest BCUT2D eigenvalue weighted by molar-refractivity contribution is 0.455. The van der Waals surface area contributed by atoms with E-state index in [4.69, 9.17) is 22.7 Å². The molecule has 94 valence electrons. The van der Waals surface area contributed by atoms with Crippen molar-refractivity contribution < 1.29 is 4.74 Å². The second-order valence-electron chi connectivity index (χ2n) is 3.93. The summed E-state index contributed by atoms with van der Waals surface area (Å²) in [5.74, 6) is 0.856. The molecule has 0 amide bonds. The molecule has 2 aromatic rings. The summed E-state index contributed by atoms with van der Waals surface area (Å²) in [6.45, 7) is 4.05. The van der Waals surface area contributed by atoms with Gasteiger partial charge in [0.1, 0.15) is 4.99 Å². The van der Waals surface area contributed by atoms with E-state index in [1.807, 2.05) is 13.8 Å². The number of hydrogen-bond acceptors (Lipinski definition) is 5. The number of nitrogens with two attached hydrogens (primary N) is 1. The minimum absolute atomic E-state index is 0.148. The zero-order valence-corrected chi connectivity index (χ0v) is 10.9. The Morgan fingerprint density at radius 2 is 2.11 bits per heavy atom. The Morgan fingerprint density at radius 1 is 1.39 bits per heavy atom. The highest BCUT2D eigenvalue weighted by atomic mass is 32.1. The molecule has 2 aromatic heterocycles. The molecule has 0 aliphatic rings. The predicted octanol–water partition coefficient (Wildman–Crippen LogP) is 1.68. The normalized spacial score (nSPS) is 10.6. The summed E-state index contributed by atoms with van der Waals surface area (Å²) in [6.07, 6.45) is 6.42. The van der Waals surface area contributed by atoms with Crippen LogP contribution < -0.4 is 10.5 Å². The molecule has 7 heteroatoms. The Balaban J connectivity index is 2.25. The van der Waals surface area contributed by atoms with Crippen LogP contribution in [0.5, 0.6) is 11.6 Å². The van der Waals surface area contributed by atoms with Crippen LogP contribution in [0.1, 0.15) is 25.6 Å². The van der Waals surface area contributed by atoms with Gasteiger partial charge in [0.25, 0.3) is 0 Å². The van der Waals surface area contributed by atoms with Crippen LogP contribution in [0.3, 0.4) is 0 Å². The molecule has 0 atom stereocenters. The van der Waals surface area contributed by atoms with E-state index >= 15 is 0 Å². The maximum Gasteiger partial charge on any atom is 0.248 e. The van der Waals surface area contributed by atoms with Gasteiger partial charge in [-0.05, 0) is 13.8 Å². The summed E-state index contributed by atoms with van der Waals surface area (Å²) in [5, 5.41) is 4.17. The van der Waals surface area contributed by atoms with E-state index in [1.165, 1.54) is 12.4 Å². The number of hydrogen-bond donors (Lipinski definition) is 1. The van der Waals surface area contributed by atoms with Gasteiger partial charge in [-0.15, -0.1) is 0 Å². The van der Waals surface area contributed by atoms with Crippen LogP contribution in [-0.4, -0.2) is 24.7 Å². The van der Waals surface area contributed by atoms with Crippen molar-refractivity contribution in [3.05, 3.63) is 30.5 Å². The van der Waals surface area contributed by atoms with Crippen molar-refractivity contribution in [2.75, 3.05) is 0 Å². The molecule has 18 heavy (non-hydrogen) atoms. The summed E-state index contributed by atoms with van der Waals surface area (Å²) < 4.78 is 7.36. The summed E-state index contributed by atoms with van der Waals surface area (Å²) in [4.78, 5) is 8.24. The first-order chi connectivity index (χ1) is 8.58. The lowest BCUT2D eigenvalue weighted by Crippen LogP contribution is -2.13. The average Bonchev–Trinajstić information content (AvgIpc) is 2.78. The second kappa shape index (κ2) is 5.09. The van der Waals surface area contributed by atoms with Gasteiger partial charge < -0.3 is 10.5 Å². The first-order valence-electron chi connectivity index (χ1n) is 5.40. The van der Waals surface area contributed by atoms with Gasteiger partial charge in [0.2, 0.25) is 5.88 Å². The standard InChI is InChI=1S/C11H13N5OS/c1-7(2)16-6-8(5-15-16)17-11-9(10(12)18)13-3-4-14-11/h3-7H,1-2H3,(H2,12,18). The van der Waals surface area contributed by atoms with E-state index in [0.717, 1.165) is 0 Å². The molecule has 0 saturated carbocycles. The van der Waals surface area contributed by atoms with Gasteiger partial charge >= 0.3 is 0 Å². The molecule has 0 fully saturated rings. The third kappa shape index (κ3) is 2.62. The lowest BCUT2D eigenvalue weighted by Gasteiger charge is -2.06. The van der Waals surface area contributed by atoms with Gasteiger partial charge in [-0.3, -0.25) is 4.68 Å². The van der Waals surface area contributed by atoms with Crippen molar-refractivity contribution in [1.29, 1.82) is 0 Å². The fraction of sp³-hybridized carbons (Fsp3) is 0.273. The van der Waals surface area contributed by atoms with Gasteiger partial charge in [-0.2, -0.15) is 5.10 Å². The number of aromatic nitrogens is 4. The monoisotopic (exact) mass is 263 g/mol. The summed E-state index contributed by atoms with van der Waals surface area (Å²) in [7, 11) is 0.